The van der Waals surface area contributed by atoms with Gasteiger partial charge in [-0.2, -0.15) is 4.72 Å². The molecule has 1 aromatic heterocycles. The number of nitrogens with one attached hydrogen (secondary N) is 1. The normalized spacial score (nSPS) is 13.1. The first-order valence-corrected chi connectivity index (χ1v) is 7.77. The number of benzene rings is 1. The average molecular weight is 296 g/mol. The van der Waals surface area contributed by atoms with Gasteiger partial charge in [-0.25, -0.2) is 8.42 Å². The summed E-state index contributed by atoms with van der Waals surface area (Å²) in [6.45, 7) is 0. The third-order valence-corrected chi connectivity index (χ3v) is 5.27. The van der Waals surface area contributed by atoms with Crippen molar-refractivity contribution in [2.24, 2.45) is 5.73 Å². The Morgan fingerprint density at radius 3 is 2.37 bits per heavy atom. The van der Waals surface area contributed by atoms with Crippen LogP contribution in [0, 0.1) is 0 Å². The second-order valence-electron chi connectivity index (χ2n) is 3.80. The summed E-state index contributed by atoms with van der Waals surface area (Å²) >= 11 is 1.08. The Kier molecular flexibility index (Phi) is 3.98. The SMILES string of the molecule is NC(=O)[C@H](NS(=O)(=O)c1cccs1)c1ccccc1. The lowest BCUT2D eigenvalue weighted by Gasteiger charge is -2.15. The molecular weight excluding hydrogens is 284 g/mol. The summed E-state index contributed by atoms with van der Waals surface area (Å²) in [6, 6.07) is 10.5. The fraction of sp³-hybridized carbons (Fsp3) is 0.0833. The molecule has 3 N–H and O–H groups in total. The van der Waals surface area contributed by atoms with Crippen LogP contribution in [-0.2, 0) is 14.8 Å². The number of hydrogen-bond donors (Lipinski definition) is 2. The van der Waals surface area contributed by atoms with Crippen LogP contribution < -0.4 is 10.5 Å². The van der Waals surface area contributed by atoms with E-state index in [-0.39, 0.29) is 4.21 Å². The van der Waals surface area contributed by atoms with Gasteiger partial charge in [0.1, 0.15) is 10.3 Å². The Morgan fingerprint density at radius 1 is 1.16 bits per heavy atom. The zero-order valence-corrected chi connectivity index (χ0v) is 11.4. The van der Waals surface area contributed by atoms with Crippen molar-refractivity contribution in [1.29, 1.82) is 0 Å². The van der Waals surface area contributed by atoms with Crippen molar-refractivity contribution in [3.05, 3.63) is 53.4 Å². The molecule has 2 aromatic rings. The lowest BCUT2D eigenvalue weighted by atomic mass is 10.1. The average Bonchev–Trinajstić information content (AvgIpc) is 2.91. The Balaban J connectivity index is 2.31. The molecule has 1 amide bonds. The minimum atomic E-state index is -3.74. The Bertz CT molecular complexity index is 652. The summed E-state index contributed by atoms with van der Waals surface area (Å²) in [5, 5.41) is 1.65. The maximum atomic E-state index is 12.1. The smallest absolute Gasteiger partial charge is 0.251 e. The molecular formula is C12H12N2O3S2. The van der Waals surface area contributed by atoms with E-state index in [0.29, 0.717) is 5.56 Å². The van der Waals surface area contributed by atoms with Gasteiger partial charge in [-0.3, -0.25) is 4.79 Å². The van der Waals surface area contributed by atoms with Gasteiger partial charge in [0.05, 0.1) is 0 Å². The van der Waals surface area contributed by atoms with Gasteiger partial charge < -0.3 is 5.73 Å². The third-order valence-electron chi connectivity index (χ3n) is 2.45. The van der Waals surface area contributed by atoms with Crippen LogP contribution in [0.1, 0.15) is 11.6 Å². The summed E-state index contributed by atoms with van der Waals surface area (Å²) in [7, 11) is -3.74. The molecule has 19 heavy (non-hydrogen) atoms. The molecule has 0 unspecified atom stereocenters. The van der Waals surface area contributed by atoms with Gasteiger partial charge in [0.25, 0.3) is 10.0 Å². The molecule has 1 atom stereocenters. The molecule has 0 aliphatic rings. The van der Waals surface area contributed by atoms with Crippen LogP contribution >= 0.6 is 11.3 Å². The molecule has 5 nitrogen and oxygen atoms in total. The van der Waals surface area contributed by atoms with E-state index in [1.54, 1.807) is 41.8 Å². The van der Waals surface area contributed by atoms with Crippen molar-refractivity contribution in [3.63, 3.8) is 0 Å². The molecule has 2 rings (SSSR count). The highest BCUT2D eigenvalue weighted by Gasteiger charge is 2.25. The summed E-state index contributed by atoms with van der Waals surface area (Å²) in [5.74, 6) is -0.744. The summed E-state index contributed by atoms with van der Waals surface area (Å²) in [6.07, 6.45) is 0. The van der Waals surface area contributed by atoms with Gasteiger partial charge in [-0.1, -0.05) is 36.4 Å². The molecule has 0 saturated carbocycles. The van der Waals surface area contributed by atoms with Gasteiger partial charge in [0.2, 0.25) is 5.91 Å². The van der Waals surface area contributed by atoms with Crippen molar-refractivity contribution in [2.75, 3.05) is 0 Å². The van der Waals surface area contributed by atoms with E-state index in [2.05, 4.69) is 4.72 Å². The second kappa shape index (κ2) is 5.52. The highest BCUT2D eigenvalue weighted by Crippen LogP contribution is 2.20. The number of sulfonamides is 1. The monoisotopic (exact) mass is 296 g/mol. The van der Waals surface area contributed by atoms with E-state index in [0.717, 1.165) is 11.3 Å². The van der Waals surface area contributed by atoms with Gasteiger partial charge in [-0.15, -0.1) is 11.3 Å². The molecule has 0 fully saturated rings. The predicted molar refractivity (Wildman–Crippen MR) is 73.0 cm³/mol. The highest BCUT2D eigenvalue weighted by molar-refractivity contribution is 7.91. The van der Waals surface area contributed by atoms with Crippen molar-refractivity contribution in [1.82, 2.24) is 4.72 Å². The summed E-state index contributed by atoms with van der Waals surface area (Å²) in [4.78, 5) is 11.4. The van der Waals surface area contributed by atoms with Crippen LogP contribution in [0.4, 0.5) is 0 Å². The van der Waals surface area contributed by atoms with Crippen molar-refractivity contribution < 1.29 is 13.2 Å². The van der Waals surface area contributed by atoms with Gasteiger partial charge in [-0.05, 0) is 17.0 Å². The first-order chi connectivity index (χ1) is 9.00. The van der Waals surface area contributed by atoms with Crippen LogP contribution in [-0.4, -0.2) is 14.3 Å². The van der Waals surface area contributed by atoms with Crippen LogP contribution in [0.25, 0.3) is 0 Å². The van der Waals surface area contributed by atoms with Gasteiger partial charge >= 0.3 is 0 Å². The van der Waals surface area contributed by atoms with Crippen LogP contribution in [0.15, 0.2) is 52.1 Å². The van der Waals surface area contributed by atoms with Crippen LogP contribution in [0.5, 0.6) is 0 Å². The van der Waals surface area contributed by atoms with Crippen molar-refractivity contribution in [2.45, 2.75) is 10.3 Å². The number of hydrogen-bond acceptors (Lipinski definition) is 4. The number of nitrogens with two attached hydrogens (primary N) is 1. The van der Waals surface area contributed by atoms with E-state index in [9.17, 15) is 13.2 Å². The predicted octanol–water partition coefficient (Wildman–Crippen LogP) is 1.25. The molecule has 0 aliphatic heterocycles. The molecule has 1 aromatic carbocycles. The molecule has 7 heteroatoms. The number of carbonyl (C=O) groups excluding carboxylic acids is 1. The fourth-order valence-electron chi connectivity index (χ4n) is 1.57. The Labute approximate surface area is 115 Å². The largest absolute Gasteiger partial charge is 0.368 e. The number of rotatable bonds is 5. The molecule has 0 radical (unpaired) electrons. The number of carbonyl (C=O) groups is 1. The van der Waals surface area contributed by atoms with E-state index in [4.69, 9.17) is 5.73 Å². The quantitative estimate of drug-likeness (QED) is 0.870. The summed E-state index contributed by atoms with van der Waals surface area (Å²) < 4.78 is 26.6. The molecule has 100 valence electrons. The number of primary amides is 1. The Hall–Kier alpha value is -1.70. The van der Waals surface area contributed by atoms with Gasteiger partial charge in [0.15, 0.2) is 0 Å². The zero-order valence-electron chi connectivity index (χ0n) is 9.81. The summed E-state index contributed by atoms with van der Waals surface area (Å²) in [5.41, 5.74) is 5.78. The van der Waals surface area contributed by atoms with E-state index >= 15 is 0 Å². The maximum absolute atomic E-state index is 12.1. The second-order valence-corrected chi connectivity index (χ2v) is 6.69. The maximum Gasteiger partial charge on any atom is 0.251 e. The van der Waals surface area contributed by atoms with Crippen LogP contribution in [0.3, 0.4) is 0 Å². The lowest BCUT2D eigenvalue weighted by molar-refractivity contribution is -0.119. The van der Waals surface area contributed by atoms with Crippen LogP contribution in [0.2, 0.25) is 0 Å². The fourth-order valence-corrected chi connectivity index (χ4v) is 3.77. The van der Waals surface area contributed by atoms with E-state index < -0.39 is 22.0 Å². The van der Waals surface area contributed by atoms with E-state index in [1.165, 1.54) is 6.07 Å². The molecule has 1 heterocycles. The molecule has 0 aliphatic carbocycles. The zero-order chi connectivity index (χ0) is 13.9. The van der Waals surface area contributed by atoms with E-state index in [1.807, 2.05) is 0 Å². The minimum Gasteiger partial charge on any atom is -0.368 e. The van der Waals surface area contributed by atoms with Crippen molar-refractivity contribution in [3.8, 4) is 0 Å². The number of thiophene rings is 1. The number of amides is 1. The standard InChI is InChI=1S/C12H12N2O3S2/c13-12(15)11(9-5-2-1-3-6-9)14-19(16,17)10-7-4-8-18-10/h1-8,11,14H,(H2,13,15)/t11-/m1/s1. The molecule has 0 saturated heterocycles. The topological polar surface area (TPSA) is 89.3 Å². The first kappa shape index (κ1) is 13.7. The lowest BCUT2D eigenvalue weighted by Crippen LogP contribution is -2.37. The van der Waals surface area contributed by atoms with Crippen molar-refractivity contribution >= 4 is 27.3 Å². The minimum absolute atomic E-state index is 0.148. The third kappa shape index (κ3) is 3.19. The highest BCUT2D eigenvalue weighted by atomic mass is 32.2. The first-order valence-electron chi connectivity index (χ1n) is 5.41. The molecule has 0 bridgehead atoms. The van der Waals surface area contributed by atoms with Gasteiger partial charge in [0, 0.05) is 0 Å². The Morgan fingerprint density at radius 2 is 1.84 bits per heavy atom. The molecule has 0 spiro atoms.